The molecule has 0 fully saturated rings. The number of hydrogen-bond donors (Lipinski definition) is 0. The molecule has 0 radical (unpaired) electrons. The van der Waals surface area contributed by atoms with E-state index < -0.39 is 11.7 Å². The van der Waals surface area contributed by atoms with Gasteiger partial charge in [-0.2, -0.15) is 13.2 Å². The minimum atomic E-state index is -4.35. The summed E-state index contributed by atoms with van der Waals surface area (Å²) in [6.45, 7) is 1.87. The van der Waals surface area contributed by atoms with E-state index in [9.17, 15) is 18.0 Å². The Morgan fingerprint density at radius 1 is 1.08 bits per heavy atom. The van der Waals surface area contributed by atoms with Crippen molar-refractivity contribution in [3.63, 3.8) is 0 Å². The Bertz CT molecular complexity index is 965. The fourth-order valence-corrected chi connectivity index (χ4v) is 3.47. The van der Waals surface area contributed by atoms with Crippen LogP contribution in [-0.2, 0) is 13.2 Å². The summed E-state index contributed by atoms with van der Waals surface area (Å²) >= 11 is 1.34. The van der Waals surface area contributed by atoms with Crippen LogP contribution in [0.4, 0.5) is 13.2 Å². The molecular weight excluding hydrogens is 349 g/mol. The fraction of sp³-hybridized carbons (Fsp3) is 0.222. The Morgan fingerprint density at radius 3 is 2.36 bits per heavy atom. The average molecular weight is 364 g/mol. The van der Waals surface area contributed by atoms with Gasteiger partial charge >= 0.3 is 6.18 Å². The second-order valence-corrected chi connectivity index (χ2v) is 6.96. The van der Waals surface area contributed by atoms with Gasteiger partial charge in [0.25, 0.3) is 5.56 Å². The smallest absolute Gasteiger partial charge is 0.290 e. The molecule has 1 heterocycles. The van der Waals surface area contributed by atoms with Crippen LogP contribution < -0.4 is 5.56 Å². The van der Waals surface area contributed by atoms with Gasteiger partial charge in [0, 0.05) is 12.3 Å². The number of benzene rings is 2. The first kappa shape index (κ1) is 17.5. The van der Waals surface area contributed by atoms with Crippen molar-refractivity contribution in [1.29, 1.82) is 0 Å². The van der Waals surface area contributed by atoms with E-state index in [1.54, 1.807) is 25.2 Å². The van der Waals surface area contributed by atoms with Crippen LogP contribution in [0.1, 0.15) is 23.3 Å². The van der Waals surface area contributed by atoms with Gasteiger partial charge in [-0.1, -0.05) is 36.0 Å². The van der Waals surface area contributed by atoms with Gasteiger partial charge in [-0.25, -0.2) is 4.98 Å². The number of rotatable bonds is 3. The fourth-order valence-electron chi connectivity index (χ4n) is 2.47. The second-order valence-electron chi connectivity index (χ2n) is 5.66. The van der Waals surface area contributed by atoms with Gasteiger partial charge in [-0.3, -0.25) is 9.36 Å². The molecule has 0 spiro atoms. The maximum Gasteiger partial charge on any atom is 0.416 e. The SMILES string of the molecule is CC(Sc1nc2ccccc2c(=O)n1C)c1ccc(C(F)(F)F)cc1. The van der Waals surface area contributed by atoms with Gasteiger partial charge in [0.2, 0.25) is 0 Å². The molecule has 0 aliphatic carbocycles. The molecule has 0 saturated carbocycles. The van der Waals surface area contributed by atoms with Crippen molar-refractivity contribution in [2.45, 2.75) is 23.5 Å². The number of thioether (sulfide) groups is 1. The van der Waals surface area contributed by atoms with Gasteiger partial charge in [-0.05, 0) is 36.8 Å². The van der Waals surface area contributed by atoms with Gasteiger partial charge in [0.05, 0.1) is 16.5 Å². The monoisotopic (exact) mass is 364 g/mol. The Morgan fingerprint density at radius 2 is 1.72 bits per heavy atom. The molecule has 25 heavy (non-hydrogen) atoms. The van der Waals surface area contributed by atoms with Crippen LogP contribution in [0.15, 0.2) is 58.5 Å². The lowest BCUT2D eigenvalue weighted by molar-refractivity contribution is -0.137. The summed E-state index contributed by atoms with van der Waals surface area (Å²) < 4.78 is 39.4. The van der Waals surface area contributed by atoms with Crippen molar-refractivity contribution in [3.8, 4) is 0 Å². The molecule has 0 aliphatic rings. The Hall–Kier alpha value is -2.28. The van der Waals surface area contributed by atoms with Crippen molar-refractivity contribution >= 4 is 22.7 Å². The highest BCUT2D eigenvalue weighted by Crippen LogP contribution is 2.35. The minimum absolute atomic E-state index is 0.146. The molecule has 0 aliphatic heterocycles. The predicted octanol–water partition coefficient (Wildman–Crippen LogP) is 4.81. The lowest BCUT2D eigenvalue weighted by atomic mass is 10.1. The van der Waals surface area contributed by atoms with Crippen LogP contribution >= 0.6 is 11.8 Å². The van der Waals surface area contributed by atoms with Crippen LogP contribution in [0.3, 0.4) is 0 Å². The van der Waals surface area contributed by atoms with E-state index in [-0.39, 0.29) is 10.8 Å². The molecule has 3 rings (SSSR count). The molecular formula is C18H15F3N2OS. The summed E-state index contributed by atoms with van der Waals surface area (Å²) in [6.07, 6.45) is -4.35. The first-order chi connectivity index (χ1) is 11.8. The third kappa shape index (κ3) is 3.56. The molecule has 1 unspecified atom stereocenters. The predicted molar refractivity (Wildman–Crippen MR) is 92.7 cm³/mol. The van der Waals surface area contributed by atoms with Crippen LogP contribution in [0.5, 0.6) is 0 Å². The topological polar surface area (TPSA) is 34.9 Å². The molecule has 0 saturated heterocycles. The van der Waals surface area contributed by atoms with Crippen molar-refractivity contribution in [2.24, 2.45) is 7.05 Å². The maximum absolute atomic E-state index is 12.7. The van der Waals surface area contributed by atoms with Gasteiger partial charge in [-0.15, -0.1) is 0 Å². The zero-order valence-corrected chi connectivity index (χ0v) is 14.4. The van der Waals surface area contributed by atoms with Gasteiger partial charge in [0.15, 0.2) is 5.16 Å². The third-order valence-corrected chi connectivity index (χ3v) is 5.13. The van der Waals surface area contributed by atoms with Crippen molar-refractivity contribution in [1.82, 2.24) is 9.55 Å². The van der Waals surface area contributed by atoms with E-state index in [4.69, 9.17) is 0 Å². The van der Waals surface area contributed by atoms with E-state index in [0.717, 1.165) is 17.7 Å². The quantitative estimate of drug-likeness (QED) is 0.494. The van der Waals surface area contributed by atoms with Crippen molar-refractivity contribution in [2.75, 3.05) is 0 Å². The van der Waals surface area contributed by atoms with Crippen LogP contribution in [0, 0.1) is 0 Å². The lowest BCUT2D eigenvalue weighted by Crippen LogP contribution is -2.20. The first-order valence-corrected chi connectivity index (χ1v) is 8.45. The summed E-state index contributed by atoms with van der Waals surface area (Å²) in [5.41, 5.74) is 0.519. The van der Waals surface area contributed by atoms with E-state index in [0.29, 0.717) is 16.1 Å². The first-order valence-electron chi connectivity index (χ1n) is 7.57. The van der Waals surface area contributed by atoms with Crippen LogP contribution in [-0.4, -0.2) is 9.55 Å². The van der Waals surface area contributed by atoms with E-state index in [1.807, 2.05) is 13.0 Å². The highest BCUT2D eigenvalue weighted by molar-refractivity contribution is 7.99. The molecule has 3 aromatic rings. The summed E-state index contributed by atoms with van der Waals surface area (Å²) in [4.78, 5) is 16.9. The summed E-state index contributed by atoms with van der Waals surface area (Å²) in [5.74, 6) is 0. The molecule has 0 bridgehead atoms. The van der Waals surface area contributed by atoms with E-state index in [1.165, 1.54) is 28.5 Å². The molecule has 0 amide bonds. The second kappa shape index (κ2) is 6.55. The highest BCUT2D eigenvalue weighted by atomic mass is 32.2. The molecule has 2 aromatic carbocycles. The number of halogens is 3. The number of fused-ring (bicyclic) bond motifs is 1. The van der Waals surface area contributed by atoms with Gasteiger partial charge < -0.3 is 0 Å². The Kier molecular flexibility index (Phi) is 4.60. The van der Waals surface area contributed by atoms with Crippen molar-refractivity contribution < 1.29 is 13.2 Å². The zero-order valence-electron chi connectivity index (χ0n) is 13.5. The Labute approximate surface area is 146 Å². The average Bonchev–Trinajstić information content (AvgIpc) is 2.59. The minimum Gasteiger partial charge on any atom is -0.290 e. The van der Waals surface area contributed by atoms with E-state index >= 15 is 0 Å². The molecule has 3 nitrogen and oxygen atoms in total. The number of para-hydroxylation sites is 1. The maximum atomic E-state index is 12.7. The lowest BCUT2D eigenvalue weighted by Gasteiger charge is -2.15. The molecule has 7 heteroatoms. The number of hydrogen-bond acceptors (Lipinski definition) is 3. The normalized spacial score (nSPS) is 13.2. The summed E-state index contributed by atoms with van der Waals surface area (Å²) in [6, 6.07) is 12.1. The molecule has 1 atom stereocenters. The standard InChI is InChI=1S/C18H15F3N2OS/c1-11(12-7-9-13(10-8-12)18(19,20)21)25-17-22-15-6-4-3-5-14(15)16(24)23(17)2/h3-11H,1-2H3. The Balaban J connectivity index is 1.90. The molecule has 130 valence electrons. The third-order valence-electron chi connectivity index (χ3n) is 3.93. The largest absolute Gasteiger partial charge is 0.416 e. The number of nitrogens with zero attached hydrogens (tertiary/aromatic N) is 2. The molecule has 1 aromatic heterocycles. The molecule has 0 N–H and O–H groups in total. The van der Waals surface area contributed by atoms with Crippen LogP contribution in [0.25, 0.3) is 10.9 Å². The van der Waals surface area contributed by atoms with Crippen molar-refractivity contribution in [3.05, 3.63) is 70.0 Å². The highest BCUT2D eigenvalue weighted by Gasteiger charge is 2.30. The summed E-state index contributed by atoms with van der Waals surface area (Å²) in [5, 5.41) is 0.911. The van der Waals surface area contributed by atoms with E-state index in [2.05, 4.69) is 4.98 Å². The van der Waals surface area contributed by atoms with Crippen LogP contribution in [0.2, 0.25) is 0 Å². The zero-order chi connectivity index (χ0) is 18.2. The van der Waals surface area contributed by atoms with Gasteiger partial charge in [0.1, 0.15) is 0 Å². The number of aromatic nitrogens is 2. The summed E-state index contributed by atoms with van der Waals surface area (Å²) in [7, 11) is 1.64. The number of alkyl halides is 3.